The predicted molar refractivity (Wildman–Crippen MR) is 74.2 cm³/mol. The lowest BCUT2D eigenvalue weighted by Gasteiger charge is -2.36. The number of hydrogen-bond donors (Lipinski definition) is 1. The molecule has 2 saturated carbocycles. The van der Waals surface area contributed by atoms with Crippen LogP contribution in [-0.4, -0.2) is 30.3 Å². The van der Waals surface area contributed by atoms with Crippen molar-refractivity contribution in [3.8, 4) is 0 Å². The van der Waals surface area contributed by atoms with Gasteiger partial charge in [0, 0.05) is 12.6 Å². The standard InChI is InChI=1S/C14H27NS/c1-3-12-4-6-13(7-5-12)15(2)10-14(11-16)8-9-14/h12-13,16H,3-11H2,1-2H3. The van der Waals surface area contributed by atoms with E-state index in [-0.39, 0.29) is 0 Å². The van der Waals surface area contributed by atoms with Crippen LogP contribution in [0, 0.1) is 11.3 Å². The van der Waals surface area contributed by atoms with E-state index >= 15 is 0 Å². The highest BCUT2D eigenvalue weighted by molar-refractivity contribution is 7.80. The Hall–Kier alpha value is 0.310. The van der Waals surface area contributed by atoms with Crippen LogP contribution in [0.3, 0.4) is 0 Å². The summed E-state index contributed by atoms with van der Waals surface area (Å²) in [6, 6.07) is 0.861. The smallest absolute Gasteiger partial charge is 0.00926 e. The summed E-state index contributed by atoms with van der Waals surface area (Å²) in [5.41, 5.74) is 0.597. The van der Waals surface area contributed by atoms with Crippen molar-refractivity contribution >= 4 is 12.6 Å². The molecule has 2 heteroatoms. The summed E-state index contributed by atoms with van der Waals surface area (Å²) in [5, 5.41) is 0. The Labute approximate surface area is 106 Å². The first kappa shape index (κ1) is 12.8. The van der Waals surface area contributed by atoms with E-state index in [4.69, 9.17) is 0 Å². The second kappa shape index (κ2) is 5.30. The van der Waals surface area contributed by atoms with Crippen molar-refractivity contribution in [2.24, 2.45) is 11.3 Å². The molecular weight excluding hydrogens is 214 g/mol. The number of nitrogens with zero attached hydrogens (tertiary/aromatic N) is 1. The molecule has 94 valence electrons. The summed E-state index contributed by atoms with van der Waals surface area (Å²) in [6.07, 6.45) is 9.97. The van der Waals surface area contributed by atoms with Gasteiger partial charge in [-0.15, -0.1) is 0 Å². The van der Waals surface area contributed by atoms with Crippen LogP contribution in [0.2, 0.25) is 0 Å². The molecular formula is C14H27NS. The molecule has 2 aliphatic carbocycles. The molecule has 0 aromatic rings. The maximum Gasteiger partial charge on any atom is 0.00926 e. The fraction of sp³-hybridized carbons (Fsp3) is 1.00. The van der Waals surface area contributed by atoms with Crippen LogP contribution in [0.25, 0.3) is 0 Å². The average molecular weight is 241 g/mol. The molecule has 0 heterocycles. The van der Waals surface area contributed by atoms with Gasteiger partial charge in [0.05, 0.1) is 0 Å². The van der Waals surface area contributed by atoms with Gasteiger partial charge >= 0.3 is 0 Å². The minimum atomic E-state index is 0.597. The molecule has 2 fully saturated rings. The zero-order valence-corrected chi connectivity index (χ0v) is 11.8. The zero-order valence-electron chi connectivity index (χ0n) is 10.9. The molecule has 0 atom stereocenters. The van der Waals surface area contributed by atoms with Gasteiger partial charge in [-0.25, -0.2) is 0 Å². The molecule has 1 nitrogen and oxygen atoms in total. The van der Waals surface area contributed by atoms with E-state index in [1.54, 1.807) is 0 Å². The molecule has 0 amide bonds. The van der Waals surface area contributed by atoms with E-state index in [1.807, 2.05) is 0 Å². The topological polar surface area (TPSA) is 3.24 Å². The van der Waals surface area contributed by atoms with Crippen molar-refractivity contribution in [2.75, 3.05) is 19.3 Å². The minimum absolute atomic E-state index is 0.597. The quantitative estimate of drug-likeness (QED) is 0.720. The minimum Gasteiger partial charge on any atom is -0.303 e. The lowest BCUT2D eigenvalue weighted by atomic mass is 9.84. The molecule has 16 heavy (non-hydrogen) atoms. The first-order chi connectivity index (χ1) is 7.69. The van der Waals surface area contributed by atoms with Gasteiger partial charge in [-0.3, -0.25) is 0 Å². The first-order valence-corrected chi connectivity index (χ1v) is 7.63. The van der Waals surface area contributed by atoms with Crippen molar-refractivity contribution in [1.29, 1.82) is 0 Å². The molecule has 0 saturated heterocycles. The summed E-state index contributed by atoms with van der Waals surface area (Å²) >= 11 is 4.50. The summed E-state index contributed by atoms with van der Waals surface area (Å²) < 4.78 is 0. The van der Waals surface area contributed by atoms with Crippen LogP contribution < -0.4 is 0 Å². The Morgan fingerprint density at radius 3 is 2.25 bits per heavy atom. The summed E-state index contributed by atoms with van der Waals surface area (Å²) in [4.78, 5) is 2.63. The third kappa shape index (κ3) is 2.95. The maximum absolute atomic E-state index is 4.50. The molecule has 2 aliphatic rings. The van der Waals surface area contributed by atoms with Gasteiger partial charge in [0.2, 0.25) is 0 Å². The van der Waals surface area contributed by atoms with E-state index in [9.17, 15) is 0 Å². The highest BCUT2D eigenvalue weighted by Gasteiger charge is 2.42. The summed E-state index contributed by atoms with van der Waals surface area (Å²) in [6.45, 7) is 3.63. The van der Waals surface area contributed by atoms with Crippen molar-refractivity contribution in [1.82, 2.24) is 4.90 Å². The van der Waals surface area contributed by atoms with Crippen LogP contribution in [0.4, 0.5) is 0 Å². The van der Waals surface area contributed by atoms with Crippen molar-refractivity contribution < 1.29 is 0 Å². The summed E-state index contributed by atoms with van der Waals surface area (Å²) in [5.74, 6) is 2.10. The molecule has 0 spiro atoms. The van der Waals surface area contributed by atoms with Crippen LogP contribution in [0.1, 0.15) is 51.9 Å². The van der Waals surface area contributed by atoms with Gasteiger partial charge in [-0.2, -0.15) is 12.6 Å². The molecule has 2 rings (SSSR count). The first-order valence-electron chi connectivity index (χ1n) is 7.00. The van der Waals surface area contributed by atoms with Gasteiger partial charge in [0.1, 0.15) is 0 Å². The monoisotopic (exact) mass is 241 g/mol. The Balaban J connectivity index is 1.76. The number of rotatable bonds is 5. The SMILES string of the molecule is CCC1CCC(N(C)CC2(CS)CC2)CC1. The van der Waals surface area contributed by atoms with Gasteiger partial charge in [0.15, 0.2) is 0 Å². The highest BCUT2D eigenvalue weighted by atomic mass is 32.1. The predicted octanol–water partition coefficient (Wildman–Crippen LogP) is 3.60. The molecule has 0 radical (unpaired) electrons. The Morgan fingerprint density at radius 1 is 1.19 bits per heavy atom. The lowest BCUT2D eigenvalue weighted by Crippen LogP contribution is -2.39. The van der Waals surface area contributed by atoms with Crippen molar-refractivity contribution in [3.63, 3.8) is 0 Å². The third-order valence-corrected chi connectivity index (χ3v) is 5.57. The zero-order chi connectivity index (χ0) is 11.6. The van der Waals surface area contributed by atoms with Gasteiger partial charge in [-0.05, 0) is 62.7 Å². The molecule has 0 aromatic heterocycles. The average Bonchev–Trinajstić information content (AvgIpc) is 3.09. The Bertz CT molecular complexity index is 217. The van der Waals surface area contributed by atoms with E-state index in [1.165, 1.54) is 51.5 Å². The number of hydrogen-bond acceptors (Lipinski definition) is 2. The van der Waals surface area contributed by atoms with Gasteiger partial charge in [0.25, 0.3) is 0 Å². The van der Waals surface area contributed by atoms with Crippen LogP contribution in [0.5, 0.6) is 0 Å². The van der Waals surface area contributed by atoms with Crippen molar-refractivity contribution in [3.05, 3.63) is 0 Å². The second-order valence-corrected chi connectivity index (χ2v) is 6.47. The molecule has 0 unspecified atom stereocenters. The van der Waals surface area contributed by atoms with E-state index in [0.29, 0.717) is 5.41 Å². The van der Waals surface area contributed by atoms with Crippen LogP contribution in [0.15, 0.2) is 0 Å². The molecule has 0 N–H and O–H groups in total. The van der Waals surface area contributed by atoms with E-state index in [0.717, 1.165) is 17.7 Å². The van der Waals surface area contributed by atoms with Crippen LogP contribution >= 0.6 is 12.6 Å². The fourth-order valence-corrected chi connectivity index (χ4v) is 3.61. The van der Waals surface area contributed by atoms with Gasteiger partial charge in [-0.1, -0.05) is 13.3 Å². The second-order valence-electron chi connectivity index (χ2n) is 6.16. The third-order valence-electron chi connectivity index (χ3n) is 4.89. The molecule has 0 aliphatic heterocycles. The molecule has 0 aromatic carbocycles. The largest absolute Gasteiger partial charge is 0.303 e. The Morgan fingerprint density at radius 2 is 1.81 bits per heavy atom. The Kier molecular flexibility index (Phi) is 4.23. The van der Waals surface area contributed by atoms with Gasteiger partial charge < -0.3 is 4.90 Å². The normalized spacial score (nSPS) is 33.0. The van der Waals surface area contributed by atoms with E-state index < -0.39 is 0 Å². The number of thiol groups is 1. The maximum atomic E-state index is 4.50. The fourth-order valence-electron chi connectivity index (χ4n) is 3.20. The van der Waals surface area contributed by atoms with E-state index in [2.05, 4.69) is 31.5 Å². The summed E-state index contributed by atoms with van der Waals surface area (Å²) in [7, 11) is 2.33. The highest BCUT2D eigenvalue weighted by Crippen LogP contribution is 2.47. The van der Waals surface area contributed by atoms with Crippen LogP contribution in [-0.2, 0) is 0 Å². The molecule has 0 bridgehead atoms. The van der Waals surface area contributed by atoms with Crippen molar-refractivity contribution in [2.45, 2.75) is 57.9 Å². The lowest BCUT2D eigenvalue weighted by molar-refractivity contribution is 0.143.